The van der Waals surface area contributed by atoms with Crippen molar-refractivity contribution in [2.75, 3.05) is 31.5 Å². The molecule has 0 unspecified atom stereocenters. The Labute approximate surface area is 180 Å². The van der Waals surface area contributed by atoms with E-state index in [0.717, 1.165) is 55.0 Å². The average molecular weight is 412 g/mol. The molecular formula is C25H24N4O2. The van der Waals surface area contributed by atoms with Gasteiger partial charge >= 0.3 is 0 Å². The molecule has 0 atom stereocenters. The number of pyridine rings is 1. The van der Waals surface area contributed by atoms with Crippen molar-refractivity contribution in [3.63, 3.8) is 0 Å². The molecule has 3 heterocycles. The van der Waals surface area contributed by atoms with Crippen LogP contribution in [0.2, 0.25) is 0 Å². The lowest BCUT2D eigenvalue weighted by atomic mass is 10.1. The fourth-order valence-electron chi connectivity index (χ4n) is 3.94. The second kappa shape index (κ2) is 8.71. The fraction of sp³-hybridized carbons (Fsp3) is 0.200. The van der Waals surface area contributed by atoms with Crippen LogP contribution in [0.5, 0.6) is 0 Å². The number of hydrogen-bond donors (Lipinski definition) is 2. The number of para-hydroxylation sites is 1. The van der Waals surface area contributed by atoms with Gasteiger partial charge in [0.15, 0.2) is 0 Å². The highest BCUT2D eigenvalue weighted by Crippen LogP contribution is 2.33. The van der Waals surface area contributed by atoms with Crippen LogP contribution >= 0.6 is 0 Å². The van der Waals surface area contributed by atoms with E-state index in [2.05, 4.69) is 38.7 Å². The first-order valence-corrected chi connectivity index (χ1v) is 10.5. The molecule has 1 aliphatic rings. The number of aromatic nitrogens is 1. The summed E-state index contributed by atoms with van der Waals surface area (Å²) in [6, 6.07) is 19.5. The van der Waals surface area contributed by atoms with Crippen LogP contribution in [0.3, 0.4) is 0 Å². The van der Waals surface area contributed by atoms with E-state index >= 15 is 0 Å². The number of hydrogen-bond acceptors (Lipinski definition) is 5. The Morgan fingerprint density at radius 1 is 1.03 bits per heavy atom. The first-order valence-electron chi connectivity index (χ1n) is 10.5. The van der Waals surface area contributed by atoms with Crippen molar-refractivity contribution in [3.05, 3.63) is 84.2 Å². The van der Waals surface area contributed by atoms with Crippen LogP contribution in [-0.4, -0.2) is 42.0 Å². The number of anilines is 1. The molecule has 0 saturated carbocycles. The van der Waals surface area contributed by atoms with E-state index in [1.54, 1.807) is 24.5 Å². The Kier molecular flexibility index (Phi) is 5.48. The summed E-state index contributed by atoms with van der Waals surface area (Å²) < 4.78 is 6.22. The van der Waals surface area contributed by atoms with E-state index in [-0.39, 0.29) is 5.91 Å². The van der Waals surface area contributed by atoms with Crippen molar-refractivity contribution in [1.29, 1.82) is 0 Å². The molecule has 4 aromatic rings. The minimum Gasteiger partial charge on any atom is -0.456 e. The molecule has 1 saturated heterocycles. The molecule has 1 amide bonds. The molecule has 156 valence electrons. The molecule has 0 aliphatic carbocycles. The van der Waals surface area contributed by atoms with Gasteiger partial charge in [-0.15, -0.1) is 0 Å². The Bertz CT molecular complexity index is 1200. The van der Waals surface area contributed by atoms with Crippen LogP contribution in [0.4, 0.5) is 5.69 Å². The largest absolute Gasteiger partial charge is 0.456 e. The van der Waals surface area contributed by atoms with Gasteiger partial charge in [-0.1, -0.05) is 24.3 Å². The van der Waals surface area contributed by atoms with E-state index in [1.807, 2.05) is 30.3 Å². The molecule has 0 radical (unpaired) electrons. The summed E-state index contributed by atoms with van der Waals surface area (Å²) in [5.74, 6) is 0.559. The second-order valence-electron chi connectivity index (χ2n) is 7.74. The highest BCUT2D eigenvalue weighted by molar-refractivity contribution is 6.06. The lowest BCUT2D eigenvalue weighted by Crippen LogP contribution is -2.42. The molecule has 31 heavy (non-hydrogen) atoms. The molecule has 6 heteroatoms. The van der Waals surface area contributed by atoms with Crippen LogP contribution < -0.4 is 10.6 Å². The third kappa shape index (κ3) is 4.35. The van der Waals surface area contributed by atoms with Gasteiger partial charge in [-0.25, -0.2) is 0 Å². The molecule has 6 nitrogen and oxygen atoms in total. The molecule has 0 bridgehead atoms. The quantitative estimate of drug-likeness (QED) is 0.515. The molecule has 1 fully saturated rings. The van der Waals surface area contributed by atoms with Gasteiger partial charge in [0, 0.05) is 61.6 Å². The Hall–Kier alpha value is -3.48. The molecule has 2 N–H and O–H groups in total. The maximum absolute atomic E-state index is 12.6. The van der Waals surface area contributed by atoms with E-state index in [1.165, 1.54) is 5.56 Å². The number of carbonyl (C=O) groups is 1. The second-order valence-corrected chi connectivity index (χ2v) is 7.74. The monoisotopic (exact) mass is 412 g/mol. The topological polar surface area (TPSA) is 70.4 Å². The fourth-order valence-corrected chi connectivity index (χ4v) is 3.94. The van der Waals surface area contributed by atoms with Crippen LogP contribution in [0.25, 0.3) is 22.3 Å². The van der Waals surface area contributed by atoms with Crippen molar-refractivity contribution in [2.24, 2.45) is 0 Å². The first-order chi connectivity index (χ1) is 15.3. The Morgan fingerprint density at radius 2 is 1.84 bits per heavy atom. The zero-order chi connectivity index (χ0) is 21.0. The van der Waals surface area contributed by atoms with E-state index in [0.29, 0.717) is 11.3 Å². The first kappa shape index (κ1) is 19.5. The number of nitrogens with one attached hydrogen (secondary N) is 2. The van der Waals surface area contributed by atoms with Crippen molar-refractivity contribution in [1.82, 2.24) is 15.2 Å². The lowest BCUT2D eigenvalue weighted by molar-refractivity contribution is 0.102. The van der Waals surface area contributed by atoms with Crippen molar-refractivity contribution >= 4 is 22.6 Å². The number of fused-ring (bicyclic) bond motifs is 1. The van der Waals surface area contributed by atoms with Crippen molar-refractivity contribution in [2.45, 2.75) is 6.54 Å². The summed E-state index contributed by atoms with van der Waals surface area (Å²) in [6.45, 7) is 5.12. The van der Waals surface area contributed by atoms with Crippen LogP contribution in [0, 0.1) is 0 Å². The highest BCUT2D eigenvalue weighted by Gasteiger charge is 2.15. The van der Waals surface area contributed by atoms with Crippen molar-refractivity contribution in [3.8, 4) is 11.3 Å². The van der Waals surface area contributed by atoms with Gasteiger partial charge in [-0.2, -0.15) is 0 Å². The zero-order valence-electron chi connectivity index (χ0n) is 17.2. The van der Waals surface area contributed by atoms with Crippen molar-refractivity contribution < 1.29 is 9.21 Å². The summed E-state index contributed by atoms with van der Waals surface area (Å²) >= 11 is 0. The predicted molar refractivity (Wildman–Crippen MR) is 122 cm³/mol. The van der Waals surface area contributed by atoms with Gasteiger partial charge in [0.25, 0.3) is 5.91 Å². The number of rotatable bonds is 5. The summed E-state index contributed by atoms with van der Waals surface area (Å²) in [5, 5.41) is 7.43. The van der Waals surface area contributed by atoms with E-state index in [4.69, 9.17) is 4.42 Å². The number of benzene rings is 2. The van der Waals surface area contributed by atoms with Gasteiger partial charge in [0.1, 0.15) is 11.3 Å². The number of carbonyl (C=O) groups excluding carboxylic acids is 1. The third-order valence-corrected chi connectivity index (χ3v) is 5.58. The maximum atomic E-state index is 12.6. The number of amides is 1. The summed E-state index contributed by atoms with van der Waals surface area (Å²) in [7, 11) is 0. The summed E-state index contributed by atoms with van der Waals surface area (Å²) in [5.41, 5.74) is 4.23. The normalized spacial score (nSPS) is 14.6. The molecule has 1 aliphatic heterocycles. The Morgan fingerprint density at radius 3 is 2.68 bits per heavy atom. The number of piperazine rings is 1. The summed E-state index contributed by atoms with van der Waals surface area (Å²) in [6.07, 6.45) is 3.22. The smallest absolute Gasteiger partial charge is 0.255 e. The minimum atomic E-state index is -0.177. The molecular weight excluding hydrogens is 388 g/mol. The SMILES string of the molecule is O=C(Nc1ccccc1-c1cc2ccc(CN3CCNCC3)cc2o1)c1ccncc1. The van der Waals surface area contributed by atoms with E-state index < -0.39 is 0 Å². The molecule has 5 rings (SSSR count). The number of nitrogens with zero attached hydrogens (tertiary/aromatic N) is 2. The standard InChI is InChI=1S/C25H24N4O2/c30-25(19-7-9-26-10-8-19)28-22-4-2-1-3-21(22)24-16-20-6-5-18(15-23(20)31-24)17-29-13-11-27-12-14-29/h1-10,15-16,27H,11-14,17H2,(H,28,30). The molecule has 2 aromatic carbocycles. The van der Waals surface area contributed by atoms with Gasteiger partial charge in [0.2, 0.25) is 0 Å². The van der Waals surface area contributed by atoms with Crippen LogP contribution in [0.15, 0.2) is 77.5 Å². The van der Waals surface area contributed by atoms with Gasteiger partial charge in [-0.3, -0.25) is 14.7 Å². The van der Waals surface area contributed by atoms with Crippen LogP contribution in [-0.2, 0) is 6.54 Å². The average Bonchev–Trinajstić information content (AvgIpc) is 3.24. The molecule has 2 aromatic heterocycles. The maximum Gasteiger partial charge on any atom is 0.255 e. The minimum absolute atomic E-state index is 0.177. The van der Waals surface area contributed by atoms with Crippen LogP contribution in [0.1, 0.15) is 15.9 Å². The predicted octanol–water partition coefficient (Wildman–Crippen LogP) is 4.15. The summed E-state index contributed by atoms with van der Waals surface area (Å²) in [4.78, 5) is 19.0. The zero-order valence-corrected chi connectivity index (χ0v) is 17.2. The molecule has 0 spiro atoms. The lowest BCUT2D eigenvalue weighted by Gasteiger charge is -2.27. The highest BCUT2D eigenvalue weighted by atomic mass is 16.3. The third-order valence-electron chi connectivity index (χ3n) is 5.58. The number of furan rings is 1. The van der Waals surface area contributed by atoms with Gasteiger partial charge in [0.05, 0.1) is 5.69 Å². The van der Waals surface area contributed by atoms with Gasteiger partial charge < -0.3 is 15.1 Å². The Balaban J connectivity index is 1.41. The van der Waals surface area contributed by atoms with Gasteiger partial charge in [-0.05, 0) is 42.0 Å². The van der Waals surface area contributed by atoms with E-state index in [9.17, 15) is 4.79 Å².